The Kier molecular flexibility index (Phi) is 1.94. The number of carbonyl (C=O) groups excluding carboxylic acids is 1. The molecule has 1 aliphatic heterocycles. The highest BCUT2D eigenvalue weighted by atomic mass is 16.5. The number of rotatable bonds is 2. The van der Waals surface area contributed by atoms with Crippen LogP contribution in [-0.2, 0) is 9.53 Å². The first-order valence-corrected chi connectivity index (χ1v) is 3.51. The summed E-state index contributed by atoms with van der Waals surface area (Å²) >= 11 is 0. The van der Waals surface area contributed by atoms with Crippen molar-refractivity contribution in [2.24, 2.45) is 5.41 Å². The van der Waals surface area contributed by atoms with Crippen molar-refractivity contribution in [2.75, 3.05) is 20.2 Å². The van der Waals surface area contributed by atoms with Gasteiger partial charge in [-0.15, -0.1) is 0 Å². The molecule has 0 radical (unpaired) electrons. The monoisotopic (exact) mass is 143 g/mol. The average Bonchev–Trinajstić information content (AvgIpc) is 2.15. The van der Waals surface area contributed by atoms with Gasteiger partial charge in [0, 0.05) is 6.54 Å². The van der Waals surface area contributed by atoms with E-state index in [9.17, 15) is 4.79 Å². The van der Waals surface area contributed by atoms with Crippen molar-refractivity contribution in [2.45, 2.75) is 13.3 Å². The van der Waals surface area contributed by atoms with Crippen LogP contribution < -0.4 is 5.32 Å². The van der Waals surface area contributed by atoms with Gasteiger partial charge in [0.15, 0.2) is 0 Å². The van der Waals surface area contributed by atoms with Crippen molar-refractivity contribution in [1.29, 1.82) is 0 Å². The van der Waals surface area contributed by atoms with Crippen molar-refractivity contribution in [3.8, 4) is 0 Å². The van der Waals surface area contributed by atoms with E-state index in [1.54, 1.807) is 0 Å². The van der Waals surface area contributed by atoms with E-state index in [-0.39, 0.29) is 11.4 Å². The molecule has 0 spiro atoms. The Morgan fingerprint density at radius 1 is 1.80 bits per heavy atom. The Bertz CT molecular complexity index is 147. The molecule has 1 fully saturated rings. The van der Waals surface area contributed by atoms with Gasteiger partial charge in [0.2, 0.25) is 0 Å². The molecule has 1 rings (SSSR count). The van der Waals surface area contributed by atoms with Crippen LogP contribution >= 0.6 is 0 Å². The fourth-order valence-electron chi connectivity index (χ4n) is 1.20. The minimum absolute atomic E-state index is 0.0677. The summed E-state index contributed by atoms with van der Waals surface area (Å²) < 4.78 is 4.84. The van der Waals surface area contributed by atoms with Crippen molar-refractivity contribution in [3.63, 3.8) is 0 Å². The van der Waals surface area contributed by atoms with Crippen molar-refractivity contribution >= 4 is 5.97 Å². The Hall–Kier alpha value is -0.570. The van der Waals surface area contributed by atoms with E-state index in [1.807, 2.05) is 14.0 Å². The number of hydrogen-bond acceptors (Lipinski definition) is 3. The molecule has 1 atom stereocenters. The maximum atomic E-state index is 11.0. The zero-order valence-corrected chi connectivity index (χ0v) is 6.44. The van der Waals surface area contributed by atoms with Gasteiger partial charge in [-0.25, -0.2) is 0 Å². The summed E-state index contributed by atoms with van der Waals surface area (Å²) in [6.07, 6.45) is 0.840. The van der Waals surface area contributed by atoms with E-state index in [0.29, 0.717) is 13.2 Å². The van der Waals surface area contributed by atoms with Gasteiger partial charge in [-0.05, 0) is 20.4 Å². The lowest BCUT2D eigenvalue weighted by Crippen LogP contribution is -2.33. The number of ether oxygens (including phenoxy) is 1. The maximum absolute atomic E-state index is 11.0. The molecule has 1 aliphatic rings. The zero-order chi connectivity index (χ0) is 7.61. The average molecular weight is 143 g/mol. The van der Waals surface area contributed by atoms with E-state index in [4.69, 9.17) is 4.74 Å². The van der Waals surface area contributed by atoms with Gasteiger partial charge in [-0.2, -0.15) is 0 Å². The van der Waals surface area contributed by atoms with Crippen molar-refractivity contribution in [1.82, 2.24) is 5.32 Å². The van der Waals surface area contributed by atoms with Crippen LogP contribution in [0, 0.1) is 5.41 Å². The second-order valence-electron chi connectivity index (χ2n) is 2.98. The largest absolute Gasteiger partial charge is 0.465 e. The van der Waals surface area contributed by atoms with E-state index in [0.717, 1.165) is 6.42 Å². The second-order valence-corrected chi connectivity index (χ2v) is 2.98. The molecule has 0 saturated carbocycles. The third kappa shape index (κ3) is 1.14. The molecule has 0 bridgehead atoms. The Labute approximate surface area is 60.7 Å². The lowest BCUT2D eigenvalue weighted by Gasteiger charge is -2.16. The molecule has 0 aromatic heterocycles. The topological polar surface area (TPSA) is 38.3 Å². The number of hydrogen-bond donors (Lipinski definition) is 1. The van der Waals surface area contributed by atoms with Gasteiger partial charge in [0.05, 0.1) is 12.0 Å². The summed E-state index contributed by atoms with van der Waals surface area (Å²) in [5.41, 5.74) is -0.269. The number of cyclic esters (lactones) is 1. The highest BCUT2D eigenvalue weighted by Gasteiger charge is 2.38. The molecular formula is C7H13NO2. The van der Waals surface area contributed by atoms with Gasteiger partial charge in [0.1, 0.15) is 0 Å². The lowest BCUT2D eigenvalue weighted by molar-refractivity contribution is -0.145. The van der Waals surface area contributed by atoms with Gasteiger partial charge < -0.3 is 10.1 Å². The molecule has 0 aliphatic carbocycles. The highest BCUT2D eigenvalue weighted by molar-refractivity contribution is 5.78. The first-order chi connectivity index (χ1) is 4.69. The second kappa shape index (κ2) is 2.58. The maximum Gasteiger partial charge on any atom is 0.313 e. The van der Waals surface area contributed by atoms with Crippen LogP contribution in [0.25, 0.3) is 0 Å². The SMILES string of the molecule is CNCC1(C)CCOC1=O. The normalized spacial score (nSPS) is 32.4. The van der Waals surface area contributed by atoms with Gasteiger partial charge in [-0.3, -0.25) is 4.79 Å². The van der Waals surface area contributed by atoms with Crippen LogP contribution in [0.1, 0.15) is 13.3 Å². The predicted octanol–water partition coefficient (Wildman–Crippen LogP) is 0.159. The van der Waals surface area contributed by atoms with Crippen LogP contribution in [0.5, 0.6) is 0 Å². The molecular weight excluding hydrogens is 130 g/mol. The van der Waals surface area contributed by atoms with Crippen molar-refractivity contribution < 1.29 is 9.53 Å². The molecule has 0 aromatic carbocycles. The molecule has 3 heteroatoms. The van der Waals surface area contributed by atoms with E-state index in [1.165, 1.54) is 0 Å². The summed E-state index contributed by atoms with van der Waals surface area (Å²) in [7, 11) is 1.84. The first-order valence-electron chi connectivity index (χ1n) is 3.51. The van der Waals surface area contributed by atoms with Crippen LogP contribution in [0.2, 0.25) is 0 Å². The predicted molar refractivity (Wildman–Crippen MR) is 37.6 cm³/mol. The highest BCUT2D eigenvalue weighted by Crippen LogP contribution is 2.27. The molecule has 0 aromatic rings. The Morgan fingerprint density at radius 2 is 2.50 bits per heavy atom. The van der Waals surface area contributed by atoms with Gasteiger partial charge in [-0.1, -0.05) is 0 Å². The van der Waals surface area contributed by atoms with Gasteiger partial charge in [0.25, 0.3) is 0 Å². The molecule has 0 amide bonds. The van der Waals surface area contributed by atoms with E-state index >= 15 is 0 Å². The van der Waals surface area contributed by atoms with Crippen LogP contribution in [0.3, 0.4) is 0 Å². The third-order valence-electron chi connectivity index (χ3n) is 1.95. The summed E-state index contributed by atoms with van der Waals surface area (Å²) in [6, 6.07) is 0. The number of carbonyl (C=O) groups is 1. The standard InChI is InChI=1S/C7H13NO2/c1-7(5-8-2)3-4-10-6(7)9/h8H,3-5H2,1-2H3. The summed E-state index contributed by atoms with van der Waals surface area (Å²) in [6.45, 7) is 3.22. The molecule has 1 heterocycles. The first kappa shape index (κ1) is 7.54. The molecule has 1 saturated heterocycles. The quantitative estimate of drug-likeness (QED) is 0.559. The van der Waals surface area contributed by atoms with Crippen LogP contribution in [0.15, 0.2) is 0 Å². The molecule has 1 N–H and O–H groups in total. The fourth-order valence-corrected chi connectivity index (χ4v) is 1.20. The Morgan fingerprint density at radius 3 is 2.90 bits per heavy atom. The molecule has 10 heavy (non-hydrogen) atoms. The van der Waals surface area contributed by atoms with E-state index in [2.05, 4.69) is 5.32 Å². The van der Waals surface area contributed by atoms with E-state index < -0.39 is 0 Å². The third-order valence-corrected chi connectivity index (χ3v) is 1.95. The molecule has 1 unspecified atom stereocenters. The van der Waals surface area contributed by atoms with Crippen LogP contribution in [0.4, 0.5) is 0 Å². The fraction of sp³-hybridized carbons (Fsp3) is 0.857. The number of esters is 1. The van der Waals surface area contributed by atoms with Crippen molar-refractivity contribution in [3.05, 3.63) is 0 Å². The number of nitrogens with one attached hydrogen (secondary N) is 1. The molecule has 58 valence electrons. The van der Waals surface area contributed by atoms with Crippen LogP contribution in [-0.4, -0.2) is 26.2 Å². The zero-order valence-electron chi connectivity index (χ0n) is 6.44. The minimum atomic E-state index is -0.269. The van der Waals surface area contributed by atoms with Gasteiger partial charge >= 0.3 is 5.97 Å². The Balaban J connectivity index is 2.57. The lowest BCUT2D eigenvalue weighted by atomic mass is 9.89. The summed E-state index contributed by atoms with van der Waals surface area (Å²) in [5.74, 6) is -0.0677. The molecule has 3 nitrogen and oxygen atoms in total. The summed E-state index contributed by atoms with van der Waals surface area (Å²) in [5, 5.41) is 2.98. The summed E-state index contributed by atoms with van der Waals surface area (Å²) in [4.78, 5) is 11.0. The smallest absolute Gasteiger partial charge is 0.313 e. The minimum Gasteiger partial charge on any atom is -0.465 e.